The van der Waals surface area contributed by atoms with E-state index < -0.39 is 0 Å². The van der Waals surface area contributed by atoms with E-state index in [1.54, 1.807) is 16.8 Å². The zero-order valence-electron chi connectivity index (χ0n) is 13.4. The van der Waals surface area contributed by atoms with Crippen LogP contribution in [0, 0.1) is 6.92 Å². The van der Waals surface area contributed by atoms with Crippen molar-refractivity contribution in [1.29, 1.82) is 0 Å². The number of nitrogens with zero attached hydrogens (tertiary/aromatic N) is 2. The first-order valence-electron chi connectivity index (χ1n) is 7.51. The standard InChI is InChI=1S/C18H17Cl2N3O/c1-12-17(21-11-13-8-9-14(19)10-16(13)20)18(24)23(22(12)2)15-6-4-3-5-7-15/h3-10,21H,11H2,1-2H3. The third-order valence-corrected chi connectivity index (χ3v) is 4.61. The molecule has 0 amide bonds. The van der Waals surface area contributed by atoms with E-state index in [-0.39, 0.29) is 5.56 Å². The van der Waals surface area contributed by atoms with Crippen molar-refractivity contribution in [3.63, 3.8) is 0 Å². The van der Waals surface area contributed by atoms with Gasteiger partial charge in [-0.15, -0.1) is 0 Å². The molecule has 0 bridgehead atoms. The predicted octanol–water partition coefficient (Wildman–Crippen LogP) is 4.40. The molecule has 4 nitrogen and oxygen atoms in total. The van der Waals surface area contributed by atoms with Gasteiger partial charge < -0.3 is 5.32 Å². The average molecular weight is 362 g/mol. The van der Waals surface area contributed by atoms with E-state index in [1.807, 2.05) is 55.1 Å². The summed E-state index contributed by atoms with van der Waals surface area (Å²) in [5.41, 5.74) is 3.04. The summed E-state index contributed by atoms with van der Waals surface area (Å²) in [4.78, 5) is 12.8. The summed E-state index contributed by atoms with van der Waals surface area (Å²) in [6.45, 7) is 2.36. The lowest BCUT2D eigenvalue weighted by Gasteiger charge is -2.07. The van der Waals surface area contributed by atoms with E-state index in [9.17, 15) is 4.79 Å². The van der Waals surface area contributed by atoms with Crippen LogP contribution in [-0.2, 0) is 13.6 Å². The molecular formula is C18H17Cl2N3O. The van der Waals surface area contributed by atoms with E-state index >= 15 is 0 Å². The molecule has 124 valence electrons. The quantitative estimate of drug-likeness (QED) is 0.747. The van der Waals surface area contributed by atoms with Gasteiger partial charge in [-0.05, 0) is 36.8 Å². The van der Waals surface area contributed by atoms with Gasteiger partial charge in [0.25, 0.3) is 5.56 Å². The lowest BCUT2D eigenvalue weighted by Crippen LogP contribution is -2.21. The fourth-order valence-electron chi connectivity index (χ4n) is 2.62. The molecule has 6 heteroatoms. The second kappa shape index (κ2) is 6.75. The Hall–Kier alpha value is -2.17. The van der Waals surface area contributed by atoms with Crippen LogP contribution in [0.5, 0.6) is 0 Å². The molecule has 0 spiro atoms. The number of aromatic nitrogens is 2. The molecule has 0 aliphatic heterocycles. The molecular weight excluding hydrogens is 345 g/mol. The van der Waals surface area contributed by atoms with Crippen LogP contribution in [0.2, 0.25) is 10.0 Å². The number of halogens is 2. The van der Waals surface area contributed by atoms with Crippen molar-refractivity contribution < 1.29 is 0 Å². The second-order valence-electron chi connectivity index (χ2n) is 5.53. The summed E-state index contributed by atoms with van der Waals surface area (Å²) in [7, 11) is 1.87. The lowest BCUT2D eigenvalue weighted by molar-refractivity contribution is 0.630. The van der Waals surface area contributed by atoms with Crippen LogP contribution in [0.1, 0.15) is 11.3 Å². The molecule has 2 aromatic carbocycles. The molecule has 0 unspecified atom stereocenters. The molecule has 3 aromatic rings. The normalized spacial score (nSPS) is 10.8. The number of benzene rings is 2. The minimum Gasteiger partial charge on any atom is -0.375 e. The highest BCUT2D eigenvalue weighted by molar-refractivity contribution is 6.35. The number of hydrogen-bond acceptors (Lipinski definition) is 2. The number of anilines is 1. The summed E-state index contributed by atoms with van der Waals surface area (Å²) < 4.78 is 3.48. The Bertz CT molecular complexity index is 929. The van der Waals surface area contributed by atoms with Crippen LogP contribution >= 0.6 is 23.2 Å². The number of nitrogens with one attached hydrogen (secondary N) is 1. The monoisotopic (exact) mass is 361 g/mol. The zero-order valence-corrected chi connectivity index (χ0v) is 14.9. The van der Waals surface area contributed by atoms with Gasteiger partial charge in [-0.2, -0.15) is 0 Å². The molecule has 0 radical (unpaired) electrons. The van der Waals surface area contributed by atoms with Gasteiger partial charge in [0.15, 0.2) is 0 Å². The van der Waals surface area contributed by atoms with Crippen LogP contribution in [0.15, 0.2) is 53.3 Å². The van der Waals surface area contributed by atoms with Crippen LogP contribution in [0.25, 0.3) is 5.69 Å². The molecule has 0 atom stereocenters. The maximum absolute atomic E-state index is 12.8. The Kier molecular flexibility index (Phi) is 4.69. The first-order chi connectivity index (χ1) is 11.5. The number of rotatable bonds is 4. The van der Waals surface area contributed by atoms with Gasteiger partial charge in [-0.25, -0.2) is 4.68 Å². The summed E-state index contributed by atoms with van der Waals surface area (Å²) in [5.74, 6) is 0. The van der Waals surface area contributed by atoms with Gasteiger partial charge in [0, 0.05) is 23.6 Å². The van der Waals surface area contributed by atoms with E-state index in [4.69, 9.17) is 23.2 Å². The van der Waals surface area contributed by atoms with Crippen molar-refractivity contribution in [2.45, 2.75) is 13.5 Å². The Balaban J connectivity index is 1.94. The van der Waals surface area contributed by atoms with Crippen LogP contribution in [-0.4, -0.2) is 9.36 Å². The van der Waals surface area contributed by atoms with E-state index in [0.29, 0.717) is 22.3 Å². The molecule has 24 heavy (non-hydrogen) atoms. The van der Waals surface area contributed by atoms with Crippen molar-refractivity contribution in [3.05, 3.63) is 80.2 Å². The van der Waals surface area contributed by atoms with E-state index in [0.717, 1.165) is 16.9 Å². The number of hydrogen-bond donors (Lipinski definition) is 1. The minimum atomic E-state index is -0.0914. The summed E-state index contributed by atoms with van der Waals surface area (Å²) >= 11 is 12.1. The third-order valence-electron chi connectivity index (χ3n) is 4.02. The largest absolute Gasteiger partial charge is 0.375 e. The second-order valence-corrected chi connectivity index (χ2v) is 6.37. The molecule has 1 heterocycles. The van der Waals surface area contributed by atoms with Crippen LogP contribution in [0.4, 0.5) is 5.69 Å². The molecule has 0 fully saturated rings. The molecule has 0 aliphatic carbocycles. The van der Waals surface area contributed by atoms with Gasteiger partial charge in [0.1, 0.15) is 5.69 Å². The van der Waals surface area contributed by atoms with Gasteiger partial charge in [0.05, 0.1) is 11.4 Å². The summed E-state index contributed by atoms with van der Waals surface area (Å²) in [6, 6.07) is 14.9. The lowest BCUT2D eigenvalue weighted by atomic mass is 10.2. The zero-order chi connectivity index (χ0) is 17.3. The highest BCUT2D eigenvalue weighted by atomic mass is 35.5. The fraction of sp³-hybridized carbons (Fsp3) is 0.167. The molecule has 1 aromatic heterocycles. The van der Waals surface area contributed by atoms with Crippen molar-refractivity contribution in [3.8, 4) is 5.69 Å². The molecule has 3 rings (SSSR count). The fourth-order valence-corrected chi connectivity index (χ4v) is 3.10. The molecule has 0 aliphatic rings. The first kappa shape index (κ1) is 16.7. The Labute approximate surface area is 150 Å². The van der Waals surface area contributed by atoms with Crippen LogP contribution < -0.4 is 10.9 Å². The Morgan fingerprint density at radius 1 is 1.08 bits per heavy atom. The van der Waals surface area contributed by atoms with Gasteiger partial charge in [-0.3, -0.25) is 9.48 Å². The SMILES string of the molecule is Cc1c(NCc2ccc(Cl)cc2Cl)c(=O)n(-c2ccccc2)n1C. The minimum absolute atomic E-state index is 0.0914. The maximum Gasteiger partial charge on any atom is 0.295 e. The average Bonchev–Trinajstić information content (AvgIpc) is 2.78. The highest BCUT2D eigenvalue weighted by Gasteiger charge is 2.16. The summed E-state index contributed by atoms with van der Waals surface area (Å²) in [6.07, 6.45) is 0. The van der Waals surface area contributed by atoms with Crippen LogP contribution in [0.3, 0.4) is 0 Å². The van der Waals surface area contributed by atoms with Gasteiger partial charge in [0.2, 0.25) is 0 Å². The van der Waals surface area contributed by atoms with E-state index in [2.05, 4.69) is 5.32 Å². The smallest absolute Gasteiger partial charge is 0.295 e. The van der Waals surface area contributed by atoms with Gasteiger partial charge >= 0.3 is 0 Å². The molecule has 0 saturated heterocycles. The summed E-state index contributed by atoms with van der Waals surface area (Å²) in [5, 5.41) is 4.37. The first-order valence-corrected chi connectivity index (χ1v) is 8.26. The topological polar surface area (TPSA) is 39.0 Å². The number of para-hydroxylation sites is 1. The van der Waals surface area contributed by atoms with Gasteiger partial charge in [-0.1, -0.05) is 47.5 Å². The predicted molar refractivity (Wildman–Crippen MR) is 99.5 cm³/mol. The molecule has 1 N–H and O–H groups in total. The van der Waals surface area contributed by atoms with Crippen molar-refractivity contribution in [1.82, 2.24) is 9.36 Å². The Morgan fingerprint density at radius 3 is 2.46 bits per heavy atom. The Morgan fingerprint density at radius 2 is 1.79 bits per heavy atom. The third kappa shape index (κ3) is 3.07. The van der Waals surface area contributed by atoms with Crippen molar-refractivity contribution >= 4 is 28.9 Å². The highest BCUT2D eigenvalue weighted by Crippen LogP contribution is 2.22. The molecule has 0 saturated carbocycles. The van der Waals surface area contributed by atoms with Crippen molar-refractivity contribution in [2.24, 2.45) is 7.05 Å². The van der Waals surface area contributed by atoms with Crippen molar-refractivity contribution in [2.75, 3.05) is 5.32 Å². The van der Waals surface area contributed by atoms with E-state index in [1.165, 1.54) is 0 Å². The maximum atomic E-state index is 12.8.